The molecule has 0 atom stereocenters. The zero-order valence-corrected chi connectivity index (χ0v) is 17.2. The van der Waals surface area contributed by atoms with Crippen LogP contribution in [0.5, 0.6) is 0 Å². The average Bonchev–Trinajstić information content (AvgIpc) is 2.52. The normalized spacial score (nSPS) is 26.6. The molecule has 2 aliphatic rings. The number of carbonyl (C=O) groups excluding carboxylic acids is 2. The van der Waals surface area contributed by atoms with E-state index in [-0.39, 0.29) is 22.8 Å². The highest BCUT2D eigenvalue weighted by Crippen LogP contribution is 2.35. The molecule has 1 aliphatic carbocycles. The van der Waals surface area contributed by atoms with Crippen molar-refractivity contribution in [1.29, 1.82) is 0 Å². The molecule has 0 radical (unpaired) electrons. The van der Waals surface area contributed by atoms with E-state index in [1.165, 1.54) is 0 Å². The van der Waals surface area contributed by atoms with Gasteiger partial charge in [0.05, 0.1) is 0 Å². The summed E-state index contributed by atoms with van der Waals surface area (Å²) in [6.45, 7) is 14.3. The van der Waals surface area contributed by atoms with E-state index in [0.717, 1.165) is 51.6 Å². The number of nitrogens with one attached hydrogen (secondary N) is 1. The van der Waals surface area contributed by atoms with Crippen LogP contribution in [0.1, 0.15) is 80.1 Å². The lowest BCUT2D eigenvalue weighted by Crippen LogP contribution is -2.51. The number of likely N-dealkylation sites (tertiary alicyclic amines) is 1. The summed E-state index contributed by atoms with van der Waals surface area (Å²) in [6.07, 6.45) is 5.61. The molecule has 1 saturated heterocycles. The molecule has 0 bridgehead atoms. The van der Waals surface area contributed by atoms with Gasteiger partial charge in [0.15, 0.2) is 0 Å². The van der Waals surface area contributed by atoms with Crippen molar-refractivity contribution < 1.29 is 9.59 Å². The molecule has 2 fully saturated rings. The van der Waals surface area contributed by atoms with E-state index in [1.807, 2.05) is 20.8 Å². The van der Waals surface area contributed by atoms with E-state index in [1.54, 1.807) is 0 Å². The number of Topliss-reactive ketones (excluding diaryl/α,β-unsaturated/α-hetero) is 1. The zero-order chi connectivity index (χ0) is 18.8. The van der Waals surface area contributed by atoms with Crippen molar-refractivity contribution in [2.24, 2.45) is 17.3 Å². The van der Waals surface area contributed by atoms with Crippen LogP contribution in [0.25, 0.3) is 0 Å². The highest BCUT2D eigenvalue weighted by atomic mass is 16.2. The van der Waals surface area contributed by atoms with Gasteiger partial charge < -0.3 is 10.2 Å². The summed E-state index contributed by atoms with van der Waals surface area (Å²) in [6, 6.07) is 0.518. The van der Waals surface area contributed by atoms with Crippen LogP contribution in [0.15, 0.2) is 0 Å². The van der Waals surface area contributed by atoms with Crippen LogP contribution in [0.3, 0.4) is 0 Å². The summed E-state index contributed by atoms with van der Waals surface area (Å²) in [4.78, 5) is 27.4. The predicted molar refractivity (Wildman–Crippen MR) is 102 cm³/mol. The zero-order valence-electron chi connectivity index (χ0n) is 17.2. The van der Waals surface area contributed by atoms with Gasteiger partial charge in [0.2, 0.25) is 5.91 Å². The fraction of sp³-hybridized carbons (Fsp3) is 0.905. The summed E-state index contributed by atoms with van der Waals surface area (Å²) in [5, 5.41) is 3.65. The van der Waals surface area contributed by atoms with Gasteiger partial charge in [0.1, 0.15) is 5.78 Å². The fourth-order valence-electron chi connectivity index (χ4n) is 4.33. The first kappa shape index (κ1) is 20.4. The third kappa shape index (κ3) is 5.80. The van der Waals surface area contributed by atoms with Crippen LogP contribution in [0, 0.1) is 17.3 Å². The van der Waals surface area contributed by atoms with E-state index in [0.29, 0.717) is 17.7 Å². The minimum atomic E-state index is -0.260. The van der Waals surface area contributed by atoms with Gasteiger partial charge in [0, 0.05) is 41.9 Å². The van der Waals surface area contributed by atoms with Gasteiger partial charge in [-0.15, -0.1) is 0 Å². The average molecular weight is 351 g/mol. The highest BCUT2D eigenvalue weighted by molar-refractivity contribution is 5.86. The van der Waals surface area contributed by atoms with E-state index in [9.17, 15) is 9.59 Å². The van der Waals surface area contributed by atoms with Crippen molar-refractivity contribution in [3.8, 4) is 0 Å². The Morgan fingerprint density at radius 1 is 0.800 bits per heavy atom. The van der Waals surface area contributed by atoms with Crippen molar-refractivity contribution in [2.75, 3.05) is 13.1 Å². The minimum Gasteiger partial charge on any atom is -0.342 e. The first-order valence-electron chi connectivity index (χ1n) is 10.1. The van der Waals surface area contributed by atoms with Crippen LogP contribution >= 0.6 is 0 Å². The summed E-state index contributed by atoms with van der Waals surface area (Å²) >= 11 is 0. The van der Waals surface area contributed by atoms with Gasteiger partial charge in [-0.2, -0.15) is 0 Å². The number of hydrogen-bond acceptors (Lipinski definition) is 3. The van der Waals surface area contributed by atoms with Gasteiger partial charge in [-0.1, -0.05) is 20.8 Å². The summed E-state index contributed by atoms with van der Waals surface area (Å²) < 4.78 is 0. The lowest BCUT2D eigenvalue weighted by molar-refractivity contribution is -0.140. The predicted octanol–water partition coefficient (Wildman–Crippen LogP) is 3.79. The van der Waals surface area contributed by atoms with Gasteiger partial charge in [0.25, 0.3) is 0 Å². The van der Waals surface area contributed by atoms with Crippen molar-refractivity contribution in [3.05, 3.63) is 0 Å². The SMILES string of the molecule is CC(C)(C)NC1CCN(C(=O)[C@H]2CC[C@@H](C(=O)C(C)(C)C)CC2)CC1. The first-order valence-corrected chi connectivity index (χ1v) is 10.1. The molecule has 144 valence electrons. The van der Waals surface area contributed by atoms with Gasteiger partial charge in [-0.25, -0.2) is 0 Å². The van der Waals surface area contributed by atoms with Crippen molar-refractivity contribution in [3.63, 3.8) is 0 Å². The number of hydrogen-bond donors (Lipinski definition) is 1. The maximum absolute atomic E-state index is 12.8. The molecule has 0 unspecified atom stereocenters. The molecule has 1 amide bonds. The first-order chi connectivity index (χ1) is 11.5. The molecule has 0 aromatic heterocycles. The Labute approximate surface area is 154 Å². The second-order valence-electron chi connectivity index (χ2n) is 10.2. The van der Waals surface area contributed by atoms with Crippen molar-refractivity contribution in [1.82, 2.24) is 10.2 Å². The lowest BCUT2D eigenvalue weighted by Gasteiger charge is -2.39. The summed E-state index contributed by atoms with van der Waals surface area (Å²) in [5.74, 6) is 0.991. The minimum absolute atomic E-state index is 0.134. The smallest absolute Gasteiger partial charge is 0.225 e. The van der Waals surface area contributed by atoms with Gasteiger partial charge >= 0.3 is 0 Å². The number of amides is 1. The van der Waals surface area contributed by atoms with E-state index in [2.05, 4.69) is 31.0 Å². The Kier molecular flexibility index (Phi) is 6.35. The standard InChI is InChI=1S/C21H38N2O2/c1-20(2,3)18(24)15-7-9-16(10-8-15)19(25)23-13-11-17(12-14-23)22-21(4,5)6/h15-17,22H,7-14H2,1-6H3/t15-,16+. The summed E-state index contributed by atoms with van der Waals surface area (Å²) in [5.41, 5.74) is -0.127. The molecular weight excluding hydrogens is 312 g/mol. The van der Waals surface area contributed by atoms with Crippen LogP contribution in [0.4, 0.5) is 0 Å². The van der Waals surface area contributed by atoms with E-state index < -0.39 is 0 Å². The third-order valence-electron chi connectivity index (χ3n) is 5.63. The van der Waals surface area contributed by atoms with Crippen molar-refractivity contribution >= 4 is 11.7 Å². The summed E-state index contributed by atoms with van der Waals surface area (Å²) in [7, 11) is 0. The lowest BCUT2D eigenvalue weighted by atomic mass is 9.73. The molecule has 0 spiro atoms. The highest BCUT2D eigenvalue weighted by Gasteiger charge is 2.36. The number of piperidine rings is 1. The second kappa shape index (κ2) is 7.77. The van der Waals surface area contributed by atoms with Gasteiger partial charge in [-0.3, -0.25) is 9.59 Å². The molecule has 25 heavy (non-hydrogen) atoms. The fourth-order valence-corrected chi connectivity index (χ4v) is 4.33. The molecule has 1 aliphatic heterocycles. The van der Waals surface area contributed by atoms with Crippen molar-refractivity contribution in [2.45, 2.75) is 91.6 Å². The Hall–Kier alpha value is -0.900. The maximum atomic E-state index is 12.8. The van der Waals surface area contributed by atoms with Crippen LogP contribution < -0.4 is 5.32 Å². The van der Waals surface area contributed by atoms with Gasteiger partial charge in [-0.05, 0) is 59.3 Å². The van der Waals surface area contributed by atoms with E-state index in [4.69, 9.17) is 0 Å². The number of rotatable bonds is 3. The topological polar surface area (TPSA) is 49.4 Å². The monoisotopic (exact) mass is 350 g/mol. The van der Waals surface area contributed by atoms with E-state index >= 15 is 0 Å². The quantitative estimate of drug-likeness (QED) is 0.842. The Balaban J connectivity index is 1.79. The Bertz CT molecular complexity index is 471. The number of carbonyl (C=O) groups is 2. The molecule has 4 heteroatoms. The molecule has 1 saturated carbocycles. The molecule has 0 aromatic carbocycles. The van der Waals surface area contributed by atoms with Crippen LogP contribution in [-0.4, -0.2) is 41.3 Å². The molecule has 0 aromatic rings. The second-order valence-corrected chi connectivity index (χ2v) is 10.2. The molecule has 2 rings (SSSR count). The largest absolute Gasteiger partial charge is 0.342 e. The Morgan fingerprint density at radius 2 is 1.28 bits per heavy atom. The van der Waals surface area contributed by atoms with Crippen LogP contribution in [-0.2, 0) is 9.59 Å². The molecule has 1 heterocycles. The molecule has 4 nitrogen and oxygen atoms in total. The van der Waals surface area contributed by atoms with Crippen LogP contribution in [0.2, 0.25) is 0 Å². The molecular formula is C21H38N2O2. The maximum Gasteiger partial charge on any atom is 0.225 e. The number of ketones is 1. The number of nitrogens with zero attached hydrogens (tertiary/aromatic N) is 1. The Morgan fingerprint density at radius 3 is 1.72 bits per heavy atom. The molecule has 1 N–H and O–H groups in total. The third-order valence-corrected chi connectivity index (χ3v) is 5.63.